The van der Waals surface area contributed by atoms with E-state index in [2.05, 4.69) is 10.6 Å². The molecule has 0 aliphatic heterocycles. The summed E-state index contributed by atoms with van der Waals surface area (Å²) in [6.07, 6.45) is -0.127. The van der Waals surface area contributed by atoms with Crippen molar-refractivity contribution in [1.82, 2.24) is 5.32 Å². The molecule has 1 aromatic carbocycles. The zero-order valence-electron chi connectivity index (χ0n) is 11.7. The number of hydrogen-bond acceptors (Lipinski definition) is 2. The average molecular weight is 299 g/mol. The minimum absolute atomic E-state index is 0.127. The number of rotatable bonds is 4. The smallest absolute Gasteiger partial charge is 0.319 e. The summed E-state index contributed by atoms with van der Waals surface area (Å²) >= 11 is 5.76. The van der Waals surface area contributed by atoms with Gasteiger partial charge in [0.05, 0.1) is 6.42 Å². The first-order valence-electron chi connectivity index (χ1n) is 6.23. The van der Waals surface area contributed by atoms with E-state index in [-0.39, 0.29) is 11.8 Å². The molecule has 2 amide bonds. The number of halogens is 1. The van der Waals surface area contributed by atoms with Gasteiger partial charge in [0, 0.05) is 16.8 Å². The molecular formula is C14H19ClN2O3. The number of anilines is 1. The fraction of sp³-hybridized carbons (Fsp3) is 0.429. The maximum Gasteiger partial charge on any atom is 0.319 e. The first-order chi connectivity index (χ1) is 9.18. The number of carboxylic acid groups (broad SMARTS) is 1. The van der Waals surface area contributed by atoms with Crippen molar-refractivity contribution in [3.05, 3.63) is 29.3 Å². The summed E-state index contributed by atoms with van der Waals surface area (Å²) in [6, 6.07) is 5.77. The molecule has 0 aliphatic rings. The predicted molar refractivity (Wildman–Crippen MR) is 79.1 cm³/mol. The van der Waals surface area contributed by atoms with E-state index in [0.717, 1.165) is 0 Å². The molecule has 6 heteroatoms. The second-order valence-electron chi connectivity index (χ2n) is 5.62. The molecule has 0 saturated heterocycles. The highest BCUT2D eigenvalue weighted by atomic mass is 35.5. The summed E-state index contributed by atoms with van der Waals surface area (Å²) in [5.41, 5.74) is 0.241. The largest absolute Gasteiger partial charge is 0.481 e. The molecule has 1 aromatic rings. The minimum Gasteiger partial charge on any atom is -0.481 e. The van der Waals surface area contributed by atoms with Crippen molar-refractivity contribution < 1.29 is 14.7 Å². The Balaban J connectivity index is 2.66. The second kappa shape index (κ2) is 6.61. The Bertz CT molecular complexity index is 480. The molecule has 0 radical (unpaired) electrons. The zero-order valence-corrected chi connectivity index (χ0v) is 12.5. The highest BCUT2D eigenvalue weighted by Crippen LogP contribution is 2.22. The van der Waals surface area contributed by atoms with Gasteiger partial charge in [-0.1, -0.05) is 32.4 Å². The number of amides is 2. The molecule has 0 spiro atoms. The van der Waals surface area contributed by atoms with Crippen molar-refractivity contribution in [1.29, 1.82) is 0 Å². The molecule has 110 valence electrons. The highest BCUT2D eigenvalue weighted by Gasteiger charge is 2.28. The lowest BCUT2D eigenvalue weighted by atomic mass is 9.85. The van der Waals surface area contributed by atoms with Crippen LogP contribution in [0.2, 0.25) is 5.02 Å². The molecule has 0 heterocycles. The minimum atomic E-state index is -0.947. The van der Waals surface area contributed by atoms with Gasteiger partial charge in [-0.05, 0) is 29.7 Å². The summed E-state index contributed by atoms with van der Waals surface area (Å²) in [6.45, 7) is 5.63. The van der Waals surface area contributed by atoms with Crippen LogP contribution in [0, 0.1) is 5.41 Å². The van der Waals surface area contributed by atoms with E-state index in [1.807, 2.05) is 20.8 Å². The normalized spacial score (nSPS) is 12.6. The van der Waals surface area contributed by atoms with Crippen molar-refractivity contribution in [2.45, 2.75) is 33.2 Å². The quantitative estimate of drug-likeness (QED) is 0.797. The van der Waals surface area contributed by atoms with Gasteiger partial charge in [-0.15, -0.1) is 0 Å². The third-order valence-electron chi connectivity index (χ3n) is 2.83. The summed E-state index contributed by atoms with van der Waals surface area (Å²) in [5.74, 6) is -0.947. The fourth-order valence-corrected chi connectivity index (χ4v) is 1.73. The fourth-order valence-electron chi connectivity index (χ4n) is 1.61. The lowest BCUT2D eigenvalue weighted by Gasteiger charge is -2.30. The van der Waals surface area contributed by atoms with E-state index in [0.29, 0.717) is 10.7 Å². The van der Waals surface area contributed by atoms with Crippen LogP contribution in [0.3, 0.4) is 0 Å². The Hall–Kier alpha value is -1.75. The first kappa shape index (κ1) is 16.3. The van der Waals surface area contributed by atoms with Crippen LogP contribution in [0.5, 0.6) is 0 Å². The van der Waals surface area contributed by atoms with Gasteiger partial charge >= 0.3 is 12.0 Å². The summed E-state index contributed by atoms with van der Waals surface area (Å²) in [7, 11) is 0. The van der Waals surface area contributed by atoms with E-state index >= 15 is 0 Å². The van der Waals surface area contributed by atoms with Gasteiger partial charge in [0.1, 0.15) is 0 Å². The van der Waals surface area contributed by atoms with Crippen LogP contribution < -0.4 is 10.6 Å². The van der Waals surface area contributed by atoms with Gasteiger partial charge in [0.15, 0.2) is 0 Å². The molecule has 0 aromatic heterocycles. The van der Waals surface area contributed by atoms with Crippen molar-refractivity contribution in [3.63, 3.8) is 0 Å². The number of nitrogens with one attached hydrogen (secondary N) is 2. The van der Waals surface area contributed by atoms with Gasteiger partial charge in [-0.25, -0.2) is 4.79 Å². The van der Waals surface area contributed by atoms with Gasteiger partial charge < -0.3 is 15.7 Å². The summed E-state index contributed by atoms with van der Waals surface area (Å²) in [5, 5.41) is 14.8. The van der Waals surface area contributed by atoms with Gasteiger partial charge in [-0.3, -0.25) is 4.79 Å². The number of urea groups is 1. The standard InChI is InChI=1S/C14H19ClN2O3/c1-14(2,3)11(8-12(18)19)17-13(20)16-10-6-4-9(15)5-7-10/h4-7,11H,8H2,1-3H3,(H,18,19)(H2,16,17,20). The van der Waals surface area contributed by atoms with Gasteiger partial charge in [0.25, 0.3) is 0 Å². The van der Waals surface area contributed by atoms with Crippen LogP contribution in [0.25, 0.3) is 0 Å². The number of aliphatic carboxylic acids is 1. The number of carbonyl (C=O) groups excluding carboxylic acids is 1. The number of benzene rings is 1. The summed E-state index contributed by atoms with van der Waals surface area (Å²) < 4.78 is 0. The number of carbonyl (C=O) groups is 2. The number of carboxylic acids is 1. The monoisotopic (exact) mass is 298 g/mol. The molecule has 1 atom stereocenters. The lowest BCUT2D eigenvalue weighted by Crippen LogP contribution is -2.46. The predicted octanol–water partition coefficient (Wildman–Crippen LogP) is 3.35. The molecule has 0 aliphatic carbocycles. The van der Waals surface area contributed by atoms with Gasteiger partial charge in [0.2, 0.25) is 0 Å². The Morgan fingerprint density at radius 2 is 1.80 bits per heavy atom. The van der Waals surface area contributed by atoms with Crippen molar-refractivity contribution in [3.8, 4) is 0 Å². The molecule has 20 heavy (non-hydrogen) atoms. The third kappa shape index (κ3) is 5.48. The van der Waals surface area contributed by atoms with Crippen molar-refractivity contribution in [2.24, 2.45) is 5.41 Å². The maximum atomic E-state index is 11.9. The topological polar surface area (TPSA) is 78.4 Å². The van der Waals surface area contributed by atoms with Crippen molar-refractivity contribution >= 4 is 29.3 Å². The molecule has 0 bridgehead atoms. The van der Waals surface area contributed by atoms with Crippen LogP contribution in [0.4, 0.5) is 10.5 Å². The molecule has 5 nitrogen and oxygen atoms in total. The van der Waals surface area contributed by atoms with Crippen LogP contribution in [-0.2, 0) is 4.79 Å². The van der Waals surface area contributed by atoms with Gasteiger partial charge in [-0.2, -0.15) is 0 Å². The Kier molecular flexibility index (Phi) is 5.39. The lowest BCUT2D eigenvalue weighted by molar-refractivity contribution is -0.138. The van der Waals surface area contributed by atoms with E-state index in [1.165, 1.54) is 0 Å². The van der Waals surface area contributed by atoms with E-state index in [1.54, 1.807) is 24.3 Å². The third-order valence-corrected chi connectivity index (χ3v) is 3.08. The molecular weight excluding hydrogens is 280 g/mol. The average Bonchev–Trinajstić information content (AvgIpc) is 2.29. The Morgan fingerprint density at radius 1 is 1.25 bits per heavy atom. The van der Waals surface area contributed by atoms with E-state index in [4.69, 9.17) is 16.7 Å². The Labute approximate surface area is 123 Å². The molecule has 0 saturated carbocycles. The molecule has 3 N–H and O–H groups in total. The van der Waals surface area contributed by atoms with Crippen LogP contribution in [0.15, 0.2) is 24.3 Å². The Morgan fingerprint density at radius 3 is 2.25 bits per heavy atom. The molecule has 1 rings (SSSR count). The first-order valence-corrected chi connectivity index (χ1v) is 6.61. The summed E-state index contributed by atoms with van der Waals surface area (Å²) in [4.78, 5) is 22.7. The number of hydrogen-bond donors (Lipinski definition) is 3. The highest BCUT2D eigenvalue weighted by molar-refractivity contribution is 6.30. The van der Waals surface area contributed by atoms with Crippen LogP contribution in [0.1, 0.15) is 27.2 Å². The zero-order chi connectivity index (χ0) is 15.3. The van der Waals surface area contributed by atoms with E-state index in [9.17, 15) is 9.59 Å². The molecule has 0 fully saturated rings. The SMILES string of the molecule is CC(C)(C)C(CC(=O)O)NC(=O)Nc1ccc(Cl)cc1. The van der Waals surface area contributed by atoms with E-state index < -0.39 is 18.0 Å². The maximum absolute atomic E-state index is 11.9. The molecule has 1 unspecified atom stereocenters. The second-order valence-corrected chi connectivity index (χ2v) is 6.06. The van der Waals surface area contributed by atoms with Crippen LogP contribution in [-0.4, -0.2) is 23.1 Å². The van der Waals surface area contributed by atoms with Crippen LogP contribution >= 0.6 is 11.6 Å². The van der Waals surface area contributed by atoms with Crippen molar-refractivity contribution in [2.75, 3.05) is 5.32 Å².